The SMILES string of the molecule is CCC(C)C(C)NCc1ccc(F)cc1Cl. The van der Waals surface area contributed by atoms with E-state index in [2.05, 4.69) is 26.1 Å². The fourth-order valence-corrected chi connectivity index (χ4v) is 1.72. The molecule has 0 aliphatic carbocycles. The van der Waals surface area contributed by atoms with E-state index in [-0.39, 0.29) is 5.82 Å². The van der Waals surface area contributed by atoms with Crippen LogP contribution in [0, 0.1) is 11.7 Å². The number of hydrogen-bond acceptors (Lipinski definition) is 1. The van der Waals surface area contributed by atoms with E-state index in [1.165, 1.54) is 12.1 Å². The molecule has 0 aromatic heterocycles. The summed E-state index contributed by atoms with van der Waals surface area (Å²) in [5.74, 6) is 0.336. The van der Waals surface area contributed by atoms with E-state index >= 15 is 0 Å². The molecule has 0 radical (unpaired) electrons. The highest BCUT2D eigenvalue weighted by Gasteiger charge is 2.10. The predicted molar refractivity (Wildman–Crippen MR) is 67.2 cm³/mol. The minimum atomic E-state index is -0.288. The van der Waals surface area contributed by atoms with Gasteiger partial charge in [-0.1, -0.05) is 37.9 Å². The Hall–Kier alpha value is -0.600. The van der Waals surface area contributed by atoms with Crippen molar-refractivity contribution in [2.24, 2.45) is 5.92 Å². The average Bonchev–Trinajstić information content (AvgIpc) is 2.26. The van der Waals surface area contributed by atoms with E-state index < -0.39 is 0 Å². The molecule has 2 unspecified atom stereocenters. The van der Waals surface area contributed by atoms with Crippen LogP contribution in [0.15, 0.2) is 18.2 Å². The van der Waals surface area contributed by atoms with Gasteiger partial charge in [-0.15, -0.1) is 0 Å². The Labute approximate surface area is 102 Å². The highest BCUT2D eigenvalue weighted by Crippen LogP contribution is 2.17. The van der Waals surface area contributed by atoms with Crippen molar-refractivity contribution in [2.45, 2.75) is 39.8 Å². The van der Waals surface area contributed by atoms with E-state index in [9.17, 15) is 4.39 Å². The van der Waals surface area contributed by atoms with Gasteiger partial charge in [-0.2, -0.15) is 0 Å². The first-order chi connectivity index (χ1) is 7.54. The summed E-state index contributed by atoms with van der Waals surface area (Å²) in [5.41, 5.74) is 0.943. The van der Waals surface area contributed by atoms with Crippen LogP contribution in [0.25, 0.3) is 0 Å². The first-order valence-electron chi connectivity index (χ1n) is 5.72. The maximum absolute atomic E-state index is 12.8. The van der Waals surface area contributed by atoms with Crippen molar-refractivity contribution in [3.05, 3.63) is 34.6 Å². The lowest BCUT2D eigenvalue weighted by Crippen LogP contribution is -2.31. The third-order valence-electron chi connectivity index (χ3n) is 3.13. The number of rotatable bonds is 5. The molecular formula is C13H19ClFN. The molecule has 0 aliphatic rings. The first kappa shape index (κ1) is 13.5. The molecular weight excluding hydrogens is 225 g/mol. The Morgan fingerprint density at radius 1 is 1.38 bits per heavy atom. The van der Waals surface area contributed by atoms with Crippen LogP contribution in [0.1, 0.15) is 32.8 Å². The summed E-state index contributed by atoms with van der Waals surface area (Å²) < 4.78 is 12.8. The molecule has 1 nitrogen and oxygen atoms in total. The van der Waals surface area contributed by atoms with Gasteiger partial charge in [-0.3, -0.25) is 0 Å². The van der Waals surface area contributed by atoms with Crippen LogP contribution >= 0.6 is 11.6 Å². The molecule has 0 aliphatic heterocycles. The van der Waals surface area contributed by atoms with Gasteiger partial charge in [0.25, 0.3) is 0 Å². The lowest BCUT2D eigenvalue weighted by Gasteiger charge is -2.20. The molecule has 1 rings (SSSR count). The minimum Gasteiger partial charge on any atom is -0.310 e. The van der Waals surface area contributed by atoms with Gasteiger partial charge in [-0.25, -0.2) is 4.39 Å². The van der Waals surface area contributed by atoms with Crippen molar-refractivity contribution in [2.75, 3.05) is 0 Å². The summed E-state index contributed by atoms with van der Waals surface area (Å²) in [5, 5.41) is 3.89. The summed E-state index contributed by atoms with van der Waals surface area (Å²) in [7, 11) is 0. The van der Waals surface area contributed by atoms with Crippen LogP contribution in [-0.2, 0) is 6.54 Å². The molecule has 3 heteroatoms. The van der Waals surface area contributed by atoms with Crippen LogP contribution in [0.5, 0.6) is 0 Å². The zero-order valence-corrected chi connectivity index (χ0v) is 10.8. The second-order valence-corrected chi connectivity index (χ2v) is 4.70. The fraction of sp³-hybridized carbons (Fsp3) is 0.538. The number of halogens is 2. The summed E-state index contributed by atoms with van der Waals surface area (Å²) in [6.07, 6.45) is 1.14. The van der Waals surface area contributed by atoms with Crippen LogP contribution in [0.2, 0.25) is 5.02 Å². The monoisotopic (exact) mass is 243 g/mol. The Bertz CT molecular complexity index is 341. The van der Waals surface area contributed by atoms with Gasteiger partial charge in [0.05, 0.1) is 0 Å². The van der Waals surface area contributed by atoms with Gasteiger partial charge in [0.2, 0.25) is 0 Å². The fourth-order valence-electron chi connectivity index (χ4n) is 1.49. The van der Waals surface area contributed by atoms with Gasteiger partial charge in [-0.05, 0) is 30.5 Å². The Kier molecular flexibility index (Phi) is 5.23. The smallest absolute Gasteiger partial charge is 0.124 e. The Balaban J connectivity index is 2.54. The molecule has 0 bridgehead atoms. The Morgan fingerprint density at radius 3 is 2.62 bits per heavy atom. The summed E-state index contributed by atoms with van der Waals surface area (Å²) >= 11 is 5.95. The van der Waals surface area contributed by atoms with Gasteiger partial charge in [0.15, 0.2) is 0 Å². The maximum atomic E-state index is 12.8. The van der Waals surface area contributed by atoms with E-state index in [4.69, 9.17) is 11.6 Å². The highest BCUT2D eigenvalue weighted by atomic mass is 35.5. The van der Waals surface area contributed by atoms with Crippen molar-refractivity contribution in [3.8, 4) is 0 Å². The lowest BCUT2D eigenvalue weighted by molar-refractivity contribution is 0.389. The van der Waals surface area contributed by atoms with Gasteiger partial charge >= 0.3 is 0 Å². The van der Waals surface area contributed by atoms with Crippen LogP contribution in [0.3, 0.4) is 0 Å². The third kappa shape index (κ3) is 3.76. The minimum absolute atomic E-state index is 0.288. The van der Waals surface area contributed by atoms with Gasteiger partial charge in [0, 0.05) is 17.6 Å². The predicted octanol–water partition coefficient (Wildman–Crippen LogP) is 4.00. The highest BCUT2D eigenvalue weighted by molar-refractivity contribution is 6.31. The molecule has 0 spiro atoms. The van der Waals surface area contributed by atoms with Crippen molar-refractivity contribution in [3.63, 3.8) is 0 Å². The van der Waals surface area contributed by atoms with Crippen molar-refractivity contribution >= 4 is 11.6 Å². The molecule has 16 heavy (non-hydrogen) atoms. The molecule has 0 fully saturated rings. The summed E-state index contributed by atoms with van der Waals surface area (Å²) in [4.78, 5) is 0. The van der Waals surface area contributed by atoms with E-state index in [0.29, 0.717) is 23.5 Å². The molecule has 0 heterocycles. The molecule has 0 amide bonds. The topological polar surface area (TPSA) is 12.0 Å². The quantitative estimate of drug-likeness (QED) is 0.824. The molecule has 0 saturated carbocycles. The normalized spacial score (nSPS) is 14.8. The maximum Gasteiger partial charge on any atom is 0.124 e. The van der Waals surface area contributed by atoms with Crippen LogP contribution < -0.4 is 5.32 Å². The van der Waals surface area contributed by atoms with Crippen molar-refractivity contribution in [1.29, 1.82) is 0 Å². The van der Waals surface area contributed by atoms with Crippen LogP contribution in [-0.4, -0.2) is 6.04 Å². The van der Waals surface area contributed by atoms with Crippen molar-refractivity contribution < 1.29 is 4.39 Å². The number of benzene rings is 1. The molecule has 1 aromatic rings. The molecule has 0 saturated heterocycles. The molecule has 90 valence electrons. The summed E-state index contributed by atoms with van der Waals surface area (Å²) in [6.45, 7) is 7.23. The largest absolute Gasteiger partial charge is 0.310 e. The number of nitrogens with one attached hydrogen (secondary N) is 1. The average molecular weight is 244 g/mol. The number of hydrogen-bond donors (Lipinski definition) is 1. The third-order valence-corrected chi connectivity index (χ3v) is 3.48. The zero-order chi connectivity index (χ0) is 12.1. The van der Waals surface area contributed by atoms with E-state index in [0.717, 1.165) is 12.0 Å². The van der Waals surface area contributed by atoms with E-state index in [1.54, 1.807) is 6.07 Å². The standard InChI is InChI=1S/C13H19ClFN/c1-4-9(2)10(3)16-8-11-5-6-12(15)7-13(11)14/h5-7,9-10,16H,4,8H2,1-3H3. The lowest BCUT2D eigenvalue weighted by atomic mass is 10.0. The first-order valence-corrected chi connectivity index (χ1v) is 6.09. The van der Waals surface area contributed by atoms with Gasteiger partial charge < -0.3 is 5.32 Å². The molecule has 2 atom stereocenters. The van der Waals surface area contributed by atoms with Crippen molar-refractivity contribution in [1.82, 2.24) is 5.32 Å². The Morgan fingerprint density at radius 2 is 2.06 bits per heavy atom. The molecule has 1 aromatic carbocycles. The zero-order valence-electron chi connectivity index (χ0n) is 10.1. The van der Waals surface area contributed by atoms with Gasteiger partial charge in [0.1, 0.15) is 5.82 Å². The molecule has 1 N–H and O–H groups in total. The van der Waals surface area contributed by atoms with Crippen LogP contribution in [0.4, 0.5) is 4.39 Å². The second-order valence-electron chi connectivity index (χ2n) is 4.29. The van der Waals surface area contributed by atoms with E-state index in [1.807, 2.05) is 0 Å². The summed E-state index contributed by atoms with van der Waals surface area (Å²) in [6, 6.07) is 4.96. The second kappa shape index (κ2) is 6.21.